The minimum Gasteiger partial charge on any atom is -0.493 e. The van der Waals surface area contributed by atoms with Gasteiger partial charge in [0, 0.05) is 31.0 Å². The number of nitrogens with one attached hydrogen (secondary N) is 1. The largest absolute Gasteiger partial charge is 0.493 e. The zero-order valence-corrected chi connectivity index (χ0v) is 18.2. The summed E-state index contributed by atoms with van der Waals surface area (Å²) in [7, 11) is 2.32. The number of ether oxygens (including phenoxy) is 3. The molecule has 0 bridgehead atoms. The summed E-state index contributed by atoms with van der Waals surface area (Å²) in [4.78, 5) is 8.68. The molecule has 1 aromatic heterocycles. The number of alkyl halides is 2. The third kappa shape index (κ3) is 5.04. The van der Waals surface area contributed by atoms with Crippen LogP contribution in [0.25, 0.3) is 10.9 Å². The van der Waals surface area contributed by atoms with Crippen LogP contribution < -0.4 is 14.8 Å². The van der Waals surface area contributed by atoms with Crippen LogP contribution in [-0.4, -0.2) is 37.3 Å². The summed E-state index contributed by atoms with van der Waals surface area (Å²) >= 11 is 0. The van der Waals surface area contributed by atoms with Crippen LogP contribution in [0, 0.1) is 12.7 Å². The van der Waals surface area contributed by atoms with Gasteiger partial charge in [-0.3, -0.25) is 0 Å². The molecule has 3 aromatic rings. The molecule has 0 amide bonds. The van der Waals surface area contributed by atoms with E-state index >= 15 is 0 Å². The molecule has 6 nitrogen and oxygen atoms in total. The molecular formula is C23H26F3N3O3. The first-order chi connectivity index (χ1) is 16.6. The van der Waals surface area contributed by atoms with E-state index < -0.39 is 36.5 Å². The molecule has 0 fully saturated rings. The Labute approximate surface area is 190 Å². The van der Waals surface area contributed by atoms with Crippen molar-refractivity contribution in [3.05, 3.63) is 53.1 Å². The number of aromatic nitrogens is 2. The van der Waals surface area contributed by atoms with Gasteiger partial charge < -0.3 is 19.5 Å². The zero-order valence-electron chi connectivity index (χ0n) is 22.2. The Morgan fingerprint density at radius 1 is 1.16 bits per heavy atom. The van der Waals surface area contributed by atoms with Gasteiger partial charge in [-0.2, -0.15) is 0 Å². The van der Waals surface area contributed by atoms with E-state index in [-0.39, 0.29) is 22.9 Å². The number of hydrogen-bond donors (Lipinski definition) is 1. The normalized spacial score (nSPS) is 15.4. The van der Waals surface area contributed by atoms with Gasteiger partial charge >= 0.3 is 0 Å². The van der Waals surface area contributed by atoms with Crippen molar-refractivity contribution in [1.29, 1.82) is 0 Å². The molecule has 0 spiro atoms. The predicted molar refractivity (Wildman–Crippen MR) is 116 cm³/mol. The van der Waals surface area contributed by atoms with E-state index in [1.54, 1.807) is 13.8 Å². The molecule has 0 radical (unpaired) electrons. The maximum atomic E-state index is 14.9. The van der Waals surface area contributed by atoms with Gasteiger partial charge in [0.25, 0.3) is 5.92 Å². The fraction of sp³-hybridized carbons (Fsp3) is 0.391. The van der Waals surface area contributed by atoms with Gasteiger partial charge in [-0.1, -0.05) is 18.2 Å². The number of halogens is 3. The van der Waals surface area contributed by atoms with Gasteiger partial charge in [0.1, 0.15) is 24.0 Å². The molecule has 2 aromatic carbocycles. The number of aryl methyl sites for hydroxylation is 1. The molecule has 0 aliphatic rings. The van der Waals surface area contributed by atoms with Crippen molar-refractivity contribution in [1.82, 2.24) is 9.97 Å². The average molecular weight is 453 g/mol. The van der Waals surface area contributed by atoms with Gasteiger partial charge in [-0.15, -0.1) is 0 Å². The van der Waals surface area contributed by atoms with Crippen molar-refractivity contribution in [2.75, 3.05) is 32.7 Å². The topological polar surface area (TPSA) is 65.5 Å². The molecule has 32 heavy (non-hydrogen) atoms. The quantitative estimate of drug-likeness (QED) is 0.468. The lowest BCUT2D eigenvalue weighted by molar-refractivity contribution is 0.0136. The van der Waals surface area contributed by atoms with Crippen LogP contribution in [0.4, 0.5) is 19.0 Å². The zero-order chi connectivity index (χ0) is 27.1. The first-order valence-corrected chi connectivity index (χ1v) is 9.65. The SMILES string of the molecule is [2H]C([2H])(OC)C([2H])([2H])Oc1cc2c(N[C@H](C)c3cccc(C(C)(F)F)c3F)nc(C)nc2cc1OC. The number of methoxy groups -OCH3 is 2. The maximum absolute atomic E-state index is 14.9. The van der Waals surface area contributed by atoms with Gasteiger partial charge in [-0.25, -0.2) is 23.1 Å². The Balaban J connectivity index is 2.09. The highest BCUT2D eigenvalue weighted by atomic mass is 19.3. The first-order valence-electron chi connectivity index (χ1n) is 11.6. The van der Waals surface area contributed by atoms with Gasteiger partial charge in [-0.05, 0) is 19.9 Å². The summed E-state index contributed by atoms with van der Waals surface area (Å²) in [6, 6.07) is 5.75. The molecule has 0 saturated heterocycles. The van der Waals surface area contributed by atoms with Gasteiger partial charge in [0.05, 0.1) is 36.3 Å². The van der Waals surface area contributed by atoms with Crippen molar-refractivity contribution < 1.29 is 32.9 Å². The minimum atomic E-state index is -3.37. The Morgan fingerprint density at radius 3 is 2.56 bits per heavy atom. The number of benzene rings is 2. The number of hydrogen-bond acceptors (Lipinski definition) is 6. The van der Waals surface area contributed by atoms with Crippen molar-refractivity contribution in [2.45, 2.75) is 32.7 Å². The third-order valence-electron chi connectivity index (χ3n) is 4.72. The summed E-state index contributed by atoms with van der Waals surface area (Å²) in [6.07, 6.45) is 0. The van der Waals surface area contributed by atoms with Crippen LogP contribution in [0.3, 0.4) is 0 Å². The molecule has 9 heteroatoms. The number of anilines is 1. The summed E-state index contributed by atoms with van der Waals surface area (Å²) in [5.41, 5.74) is -0.369. The van der Waals surface area contributed by atoms with E-state index in [0.717, 1.165) is 13.2 Å². The average Bonchev–Trinajstić information content (AvgIpc) is 2.77. The molecular weight excluding hydrogens is 423 g/mol. The number of rotatable bonds is 9. The Bertz CT molecular complexity index is 1270. The predicted octanol–water partition coefficient (Wildman–Crippen LogP) is 5.40. The van der Waals surface area contributed by atoms with Gasteiger partial charge in [0.2, 0.25) is 0 Å². The highest BCUT2D eigenvalue weighted by Crippen LogP contribution is 2.36. The van der Waals surface area contributed by atoms with E-state index in [4.69, 9.17) is 15.0 Å². The lowest BCUT2D eigenvalue weighted by Gasteiger charge is -2.20. The highest BCUT2D eigenvalue weighted by Gasteiger charge is 2.30. The van der Waals surface area contributed by atoms with Crippen LogP contribution in [0.5, 0.6) is 11.5 Å². The summed E-state index contributed by atoms with van der Waals surface area (Å²) < 4.78 is 89.2. The maximum Gasteiger partial charge on any atom is 0.273 e. The van der Waals surface area contributed by atoms with Crippen molar-refractivity contribution in [3.8, 4) is 11.5 Å². The van der Waals surface area contributed by atoms with E-state index in [9.17, 15) is 13.2 Å². The Morgan fingerprint density at radius 2 is 1.91 bits per heavy atom. The van der Waals surface area contributed by atoms with Gasteiger partial charge in [0.15, 0.2) is 11.5 Å². The second kappa shape index (κ2) is 9.60. The standard InChI is InChI=1S/C23H26F3N3O3/c1-13(15-7-6-8-17(21(15)24)23(3,25)26)27-22-16-11-20(32-10-9-30-4)19(31-5)12-18(16)28-14(2)29-22/h6-8,11-13H,9-10H2,1-5H3,(H,27,28,29)/t13-/m1/s1/i9D2,10D2. The van der Waals surface area contributed by atoms with Crippen molar-refractivity contribution >= 4 is 16.7 Å². The summed E-state index contributed by atoms with van der Waals surface area (Å²) in [6.45, 7) is -1.89. The summed E-state index contributed by atoms with van der Waals surface area (Å²) in [5.74, 6) is -3.97. The molecule has 0 saturated carbocycles. The lowest BCUT2D eigenvalue weighted by atomic mass is 10.0. The molecule has 1 atom stereocenters. The summed E-state index contributed by atoms with van der Waals surface area (Å²) in [5, 5.41) is 3.32. The molecule has 1 N–H and O–H groups in total. The van der Waals surface area contributed by atoms with Crippen molar-refractivity contribution in [3.63, 3.8) is 0 Å². The molecule has 0 unspecified atom stereocenters. The van der Waals surface area contributed by atoms with E-state index in [2.05, 4.69) is 20.0 Å². The fourth-order valence-electron chi connectivity index (χ4n) is 3.23. The molecule has 172 valence electrons. The van der Waals surface area contributed by atoms with Crippen LogP contribution >= 0.6 is 0 Å². The minimum absolute atomic E-state index is 0.00644. The second-order valence-electron chi connectivity index (χ2n) is 7.11. The Kier molecular flexibility index (Phi) is 5.55. The highest BCUT2D eigenvalue weighted by molar-refractivity contribution is 5.92. The van der Waals surface area contributed by atoms with E-state index in [1.165, 1.54) is 31.4 Å². The number of nitrogens with zero attached hydrogens (tertiary/aromatic N) is 2. The van der Waals surface area contributed by atoms with Crippen LogP contribution in [0.1, 0.15) is 42.3 Å². The monoisotopic (exact) mass is 453 g/mol. The third-order valence-corrected chi connectivity index (χ3v) is 4.72. The van der Waals surface area contributed by atoms with E-state index in [1.807, 2.05) is 0 Å². The smallest absolute Gasteiger partial charge is 0.273 e. The van der Waals surface area contributed by atoms with Crippen molar-refractivity contribution in [2.24, 2.45) is 0 Å². The van der Waals surface area contributed by atoms with Crippen LogP contribution in [0.15, 0.2) is 30.3 Å². The first kappa shape index (κ1) is 18.5. The molecule has 0 aliphatic carbocycles. The lowest BCUT2D eigenvalue weighted by Crippen LogP contribution is -2.16. The fourth-order valence-corrected chi connectivity index (χ4v) is 3.23. The molecule has 3 rings (SSSR count). The van der Waals surface area contributed by atoms with E-state index in [0.29, 0.717) is 23.7 Å². The van der Waals surface area contributed by atoms with Crippen LogP contribution in [0.2, 0.25) is 0 Å². The van der Waals surface area contributed by atoms with Crippen LogP contribution in [-0.2, 0) is 10.7 Å². The second-order valence-corrected chi connectivity index (χ2v) is 7.11. The molecule has 0 aliphatic heterocycles. The molecule has 1 heterocycles. The Hall–Kier alpha value is -3.07. The number of fused-ring (bicyclic) bond motifs is 1.